The zero-order valence-electron chi connectivity index (χ0n) is 9.82. The van der Waals surface area contributed by atoms with Crippen LogP contribution in [-0.4, -0.2) is 24.5 Å². The number of carbonyl (C=O) groups is 1. The number of nitrogens with one attached hydrogen (secondary N) is 1. The molecule has 8 heteroatoms. The summed E-state index contributed by atoms with van der Waals surface area (Å²) < 4.78 is 26.4. The van der Waals surface area contributed by atoms with E-state index in [-0.39, 0.29) is 9.09 Å². The highest BCUT2D eigenvalue weighted by Crippen LogP contribution is 2.24. The molecule has 100 valence electrons. The van der Waals surface area contributed by atoms with Crippen LogP contribution in [0.15, 0.2) is 34.7 Å². The van der Waals surface area contributed by atoms with Gasteiger partial charge in [-0.05, 0) is 31.2 Å². The lowest BCUT2D eigenvalue weighted by atomic mass is 10.3. The molecule has 0 aliphatic heterocycles. The minimum Gasteiger partial charge on any atom is -0.477 e. The molecule has 19 heavy (non-hydrogen) atoms. The molecule has 0 aromatic carbocycles. The van der Waals surface area contributed by atoms with Crippen molar-refractivity contribution in [1.29, 1.82) is 0 Å². The van der Waals surface area contributed by atoms with Crippen LogP contribution in [-0.2, 0) is 10.0 Å². The molecule has 6 nitrogen and oxygen atoms in total. The van der Waals surface area contributed by atoms with Gasteiger partial charge in [-0.2, -0.15) is 0 Å². The molecule has 0 bridgehead atoms. The number of sulfonamides is 1. The number of pyridine rings is 1. The Kier molecular flexibility index (Phi) is 3.54. The number of aromatic nitrogens is 1. The van der Waals surface area contributed by atoms with Gasteiger partial charge in [0.15, 0.2) is 0 Å². The van der Waals surface area contributed by atoms with Gasteiger partial charge in [0.2, 0.25) is 0 Å². The van der Waals surface area contributed by atoms with E-state index >= 15 is 0 Å². The Hall–Kier alpha value is -1.93. The molecule has 2 rings (SSSR count). The third kappa shape index (κ3) is 3.09. The van der Waals surface area contributed by atoms with Gasteiger partial charge in [-0.1, -0.05) is 0 Å². The Balaban J connectivity index is 2.29. The van der Waals surface area contributed by atoms with E-state index in [1.807, 2.05) is 0 Å². The van der Waals surface area contributed by atoms with Crippen LogP contribution in [0.25, 0.3) is 0 Å². The zero-order chi connectivity index (χ0) is 14.0. The molecule has 0 fully saturated rings. The van der Waals surface area contributed by atoms with E-state index in [0.29, 0.717) is 22.7 Å². The van der Waals surface area contributed by atoms with Crippen LogP contribution in [0.5, 0.6) is 0 Å². The van der Waals surface area contributed by atoms with Crippen molar-refractivity contribution in [2.45, 2.75) is 11.1 Å². The maximum Gasteiger partial charge on any atom is 0.345 e. The van der Waals surface area contributed by atoms with Crippen LogP contribution in [0.4, 0.5) is 5.69 Å². The second-order valence-electron chi connectivity index (χ2n) is 3.72. The molecule has 0 atom stereocenters. The molecule has 0 saturated carbocycles. The van der Waals surface area contributed by atoms with E-state index in [4.69, 9.17) is 5.11 Å². The first-order valence-corrected chi connectivity index (χ1v) is 7.47. The summed E-state index contributed by atoms with van der Waals surface area (Å²) in [5.74, 6) is -1.15. The highest BCUT2D eigenvalue weighted by atomic mass is 32.2. The molecule has 0 radical (unpaired) electrons. The summed E-state index contributed by atoms with van der Waals surface area (Å²) in [6.07, 6.45) is 1.49. The monoisotopic (exact) mass is 298 g/mol. The maximum atomic E-state index is 12.0. The van der Waals surface area contributed by atoms with E-state index in [9.17, 15) is 13.2 Å². The van der Waals surface area contributed by atoms with E-state index in [2.05, 4.69) is 9.71 Å². The Morgan fingerprint density at radius 1 is 1.37 bits per heavy atom. The first-order valence-electron chi connectivity index (χ1n) is 5.17. The molecule has 0 aliphatic carbocycles. The third-order valence-electron chi connectivity index (χ3n) is 2.21. The molecule has 2 N–H and O–H groups in total. The minimum atomic E-state index is -3.77. The van der Waals surface area contributed by atoms with Crippen molar-refractivity contribution in [3.8, 4) is 0 Å². The number of thiophene rings is 1. The van der Waals surface area contributed by atoms with Gasteiger partial charge in [-0.3, -0.25) is 9.71 Å². The van der Waals surface area contributed by atoms with Gasteiger partial charge in [-0.15, -0.1) is 11.3 Å². The van der Waals surface area contributed by atoms with Crippen LogP contribution in [0.3, 0.4) is 0 Å². The van der Waals surface area contributed by atoms with Gasteiger partial charge in [0.25, 0.3) is 10.0 Å². The number of aryl methyl sites for hydroxylation is 1. The van der Waals surface area contributed by atoms with Gasteiger partial charge in [0.1, 0.15) is 9.09 Å². The highest BCUT2D eigenvalue weighted by molar-refractivity contribution is 7.94. The van der Waals surface area contributed by atoms with Gasteiger partial charge in [0, 0.05) is 11.9 Å². The SMILES string of the molecule is Cc1cc(NS(=O)(=O)c2ccc(C(=O)O)s2)ccn1. The third-order valence-corrected chi connectivity index (χ3v) is 5.15. The molecular weight excluding hydrogens is 288 g/mol. The summed E-state index contributed by atoms with van der Waals surface area (Å²) in [4.78, 5) is 14.7. The Labute approximate surface area is 113 Å². The lowest BCUT2D eigenvalue weighted by Gasteiger charge is -2.06. The van der Waals surface area contributed by atoms with Crippen molar-refractivity contribution in [3.05, 3.63) is 41.0 Å². The van der Waals surface area contributed by atoms with Crippen molar-refractivity contribution >= 4 is 33.0 Å². The summed E-state index contributed by atoms with van der Waals surface area (Å²) >= 11 is 0.706. The summed E-state index contributed by atoms with van der Waals surface area (Å²) in [7, 11) is -3.77. The topological polar surface area (TPSA) is 96.4 Å². The molecule has 2 aromatic heterocycles. The predicted molar refractivity (Wildman–Crippen MR) is 71.1 cm³/mol. The fraction of sp³-hybridized carbons (Fsp3) is 0.0909. The Morgan fingerprint density at radius 2 is 2.11 bits per heavy atom. The minimum absolute atomic E-state index is 0.0220. The van der Waals surface area contributed by atoms with Gasteiger partial charge >= 0.3 is 5.97 Å². The maximum absolute atomic E-state index is 12.0. The van der Waals surface area contributed by atoms with Gasteiger partial charge < -0.3 is 5.11 Å². The lowest BCUT2D eigenvalue weighted by Crippen LogP contribution is -2.11. The smallest absolute Gasteiger partial charge is 0.345 e. The van der Waals surface area contributed by atoms with Crippen molar-refractivity contribution in [2.24, 2.45) is 0 Å². The number of nitrogens with zero attached hydrogens (tertiary/aromatic N) is 1. The van der Waals surface area contributed by atoms with Crippen molar-refractivity contribution in [1.82, 2.24) is 4.98 Å². The molecule has 0 amide bonds. The summed E-state index contributed by atoms with van der Waals surface area (Å²) in [6, 6.07) is 5.64. The second kappa shape index (κ2) is 4.98. The first-order chi connectivity index (χ1) is 8.88. The molecule has 0 aliphatic rings. The number of rotatable bonds is 4. The fourth-order valence-electron chi connectivity index (χ4n) is 1.39. The van der Waals surface area contributed by atoms with Crippen LogP contribution in [0.1, 0.15) is 15.4 Å². The quantitative estimate of drug-likeness (QED) is 0.899. The standard InChI is InChI=1S/C11H10N2O4S2/c1-7-6-8(4-5-12-7)13-19(16,17)10-3-2-9(18-10)11(14)15/h2-6H,1H3,(H,12,13)(H,14,15). The molecular formula is C11H10N2O4S2. The number of anilines is 1. The van der Waals surface area contributed by atoms with Crippen LogP contribution >= 0.6 is 11.3 Å². The van der Waals surface area contributed by atoms with Crippen LogP contribution < -0.4 is 4.72 Å². The Morgan fingerprint density at radius 3 is 2.68 bits per heavy atom. The summed E-state index contributed by atoms with van der Waals surface area (Å²) in [5, 5.41) is 8.78. The van der Waals surface area contributed by atoms with E-state index in [1.165, 1.54) is 24.4 Å². The molecule has 2 aromatic rings. The van der Waals surface area contributed by atoms with Gasteiger partial charge in [-0.25, -0.2) is 13.2 Å². The molecule has 0 unspecified atom stereocenters. The molecule has 0 saturated heterocycles. The van der Waals surface area contributed by atoms with Crippen LogP contribution in [0.2, 0.25) is 0 Å². The van der Waals surface area contributed by atoms with E-state index in [0.717, 1.165) is 0 Å². The average molecular weight is 298 g/mol. The van der Waals surface area contributed by atoms with Crippen molar-refractivity contribution in [2.75, 3.05) is 4.72 Å². The van der Waals surface area contributed by atoms with Crippen LogP contribution in [0, 0.1) is 6.92 Å². The average Bonchev–Trinajstić information content (AvgIpc) is 2.78. The zero-order valence-corrected chi connectivity index (χ0v) is 11.5. The number of aromatic carboxylic acids is 1. The summed E-state index contributed by atoms with van der Waals surface area (Å²) in [6.45, 7) is 1.74. The summed E-state index contributed by atoms with van der Waals surface area (Å²) in [5.41, 5.74) is 1.07. The van der Waals surface area contributed by atoms with Gasteiger partial charge in [0.05, 0.1) is 5.69 Å². The fourth-order valence-corrected chi connectivity index (χ4v) is 3.59. The lowest BCUT2D eigenvalue weighted by molar-refractivity contribution is 0.0702. The van der Waals surface area contributed by atoms with Crippen molar-refractivity contribution < 1.29 is 18.3 Å². The molecule has 0 spiro atoms. The Bertz CT molecular complexity index is 722. The number of hydrogen-bond acceptors (Lipinski definition) is 5. The largest absolute Gasteiger partial charge is 0.477 e. The predicted octanol–water partition coefficient (Wildman–Crippen LogP) is 1.95. The number of hydrogen-bond donors (Lipinski definition) is 2. The van der Waals surface area contributed by atoms with E-state index in [1.54, 1.807) is 13.0 Å². The number of carboxylic acid groups (broad SMARTS) is 1. The van der Waals surface area contributed by atoms with E-state index < -0.39 is 16.0 Å². The molecule has 2 heterocycles. The first kappa shape index (κ1) is 13.5. The van der Waals surface area contributed by atoms with Crippen molar-refractivity contribution in [3.63, 3.8) is 0 Å². The number of carboxylic acids is 1. The normalized spacial score (nSPS) is 11.2. The highest BCUT2D eigenvalue weighted by Gasteiger charge is 2.19. The second-order valence-corrected chi connectivity index (χ2v) is 6.71.